The van der Waals surface area contributed by atoms with Crippen LogP contribution in [0.2, 0.25) is 0 Å². The van der Waals surface area contributed by atoms with Gasteiger partial charge in [0.05, 0.1) is 0 Å². The summed E-state index contributed by atoms with van der Waals surface area (Å²) in [5.74, 6) is 0.636. The maximum absolute atomic E-state index is 6.32. The van der Waals surface area contributed by atoms with Crippen LogP contribution in [0.3, 0.4) is 0 Å². The third kappa shape index (κ3) is 2.91. The minimum absolute atomic E-state index is 0.279. The first-order valence-corrected chi connectivity index (χ1v) is 6.97. The number of fused-ring (bicyclic) bond motifs is 1. The van der Waals surface area contributed by atoms with E-state index in [1.165, 1.54) is 29.2 Å². The van der Waals surface area contributed by atoms with E-state index in [1.807, 2.05) is 0 Å². The van der Waals surface area contributed by atoms with Crippen LogP contribution < -0.4 is 5.73 Å². The van der Waals surface area contributed by atoms with Crippen LogP contribution in [0.5, 0.6) is 0 Å². The summed E-state index contributed by atoms with van der Waals surface area (Å²) in [6.45, 7) is 4.46. The minimum Gasteiger partial charge on any atom is -0.327 e. The molecule has 18 heavy (non-hydrogen) atoms. The van der Waals surface area contributed by atoms with Gasteiger partial charge in [-0.05, 0) is 28.7 Å². The number of hydrogen-bond acceptors (Lipinski definition) is 1. The molecule has 2 N–H and O–H groups in total. The number of hydrogen-bond donors (Lipinski definition) is 1. The van der Waals surface area contributed by atoms with E-state index in [9.17, 15) is 0 Å². The largest absolute Gasteiger partial charge is 0.327 e. The van der Waals surface area contributed by atoms with Crippen molar-refractivity contribution in [3.8, 4) is 0 Å². The highest BCUT2D eigenvalue weighted by Crippen LogP contribution is 2.19. The molecule has 0 radical (unpaired) electrons. The molecular weight excluding hydrogens is 218 g/mol. The summed E-state index contributed by atoms with van der Waals surface area (Å²) in [6, 6.07) is 15.5. The zero-order valence-electron chi connectivity index (χ0n) is 11.4. The third-order valence-electron chi connectivity index (χ3n) is 3.94. The Labute approximate surface area is 110 Å². The fraction of sp³-hybridized carbons (Fsp3) is 0.412. The average molecular weight is 241 g/mol. The standard InChI is InChI=1S/C17H23N/c1-3-14(4-2)17(18)12-13-9-10-15-7-5-6-8-16(15)11-13/h5-11,14,17H,3-4,12,18H2,1-2H3. The molecule has 0 amide bonds. The van der Waals surface area contributed by atoms with Crippen molar-refractivity contribution >= 4 is 10.8 Å². The molecule has 0 heterocycles. The summed E-state index contributed by atoms with van der Waals surface area (Å²) in [6.07, 6.45) is 3.33. The molecule has 0 aromatic heterocycles. The quantitative estimate of drug-likeness (QED) is 0.836. The van der Waals surface area contributed by atoms with Gasteiger partial charge in [0.25, 0.3) is 0 Å². The van der Waals surface area contributed by atoms with Crippen molar-refractivity contribution in [1.82, 2.24) is 0 Å². The minimum atomic E-state index is 0.279. The highest BCUT2D eigenvalue weighted by Gasteiger charge is 2.14. The van der Waals surface area contributed by atoms with E-state index in [-0.39, 0.29) is 6.04 Å². The van der Waals surface area contributed by atoms with Gasteiger partial charge in [-0.3, -0.25) is 0 Å². The Bertz CT molecular complexity index is 500. The summed E-state index contributed by atoms with van der Waals surface area (Å²) in [4.78, 5) is 0. The van der Waals surface area contributed by atoms with Crippen LogP contribution in [-0.2, 0) is 6.42 Å². The van der Waals surface area contributed by atoms with E-state index in [1.54, 1.807) is 0 Å². The maximum Gasteiger partial charge on any atom is 0.0108 e. The summed E-state index contributed by atoms with van der Waals surface area (Å²) in [5, 5.41) is 2.61. The Balaban J connectivity index is 2.16. The van der Waals surface area contributed by atoms with Gasteiger partial charge in [-0.25, -0.2) is 0 Å². The molecule has 0 saturated carbocycles. The monoisotopic (exact) mass is 241 g/mol. The molecule has 0 aliphatic rings. The van der Waals surface area contributed by atoms with Gasteiger partial charge in [-0.15, -0.1) is 0 Å². The van der Waals surface area contributed by atoms with Gasteiger partial charge >= 0.3 is 0 Å². The third-order valence-corrected chi connectivity index (χ3v) is 3.94. The lowest BCUT2D eigenvalue weighted by atomic mass is 9.89. The van der Waals surface area contributed by atoms with E-state index < -0.39 is 0 Å². The summed E-state index contributed by atoms with van der Waals surface area (Å²) in [5.41, 5.74) is 7.67. The van der Waals surface area contributed by atoms with Crippen molar-refractivity contribution in [3.05, 3.63) is 48.0 Å². The van der Waals surface area contributed by atoms with Crippen molar-refractivity contribution in [1.29, 1.82) is 0 Å². The van der Waals surface area contributed by atoms with Crippen molar-refractivity contribution < 1.29 is 0 Å². The van der Waals surface area contributed by atoms with E-state index in [0.29, 0.717) is 5.92 Å². The Morgan fingerprint density at radius 1 is 0.944 bits per heavy atom. The normalized spacial score (nSPS) is 13.1. The summed E-state index contributed by atoms with van der Waals surface area (Å²) < 4.78 is 0. The molecule has 0 aliphatic carbocycles. The molecule has 96 valence electrons. The Morgan fingerprint density at radius 3 is 2.28 bits per heavy atom. The van der Waals surface area contributed by atoms with Crippen molar-refractivity contribution in [2.75, 3.05) is 0 Å². The molecule has 2 rings (SSSR count). The van der Waals surface area contributed by atoms with Crippen LogP contribution in [0.25, 0.3) is 10.8 Å². The van der Waals surface area contributed by atoms with Crippen LogP contribution in [0.1, 0.15) is 32.3 Å². The number of benzene rings is 2. The highest BCUT2D eigenvalue weighted by atomic mass is 14.6. The van der Waals surface area contributed by atoms with Gasteiger partial charge < -0.3 is 5.73 Å². The molecular formula is C17H23N. The van der Waals surface area contributed by atoms with Crippen LogP contribution >= 0.6 is 0 Å². The molecule has 0 aliphatic heterocycles. The molecule has 0 saturated heterocycles. The van der Waals surface area contributed by atoms with Crippen LogP contribution in [0, 0.1) is 5.92 Å². The first-order chi connectivity index (χ1) is 8.74. The lowest BCUT2D eigenvalue weighted by Crippen LogP contribution is -2.31. The van der Waals surface area contributed by atoms with Gasteiger partial charge in [0.15, 0.2) is 0 Å². The Kier molecular flexibility index (Phi) is 4.38. The summed E-state index contributed by atoms with van der Waals surface area (Å²) >= 11 is 0. The van der Waals surface area contributed by atoms with E-state index >= 15 is 0 Å². The smallest absolute Gasteiger partial charge is 0.0108 e. The summed E-state index contributed by atoms with van der Waals surface area (Å²) in [7, 11) is 0. The molecule has 2 aromatic carbocycles. The van der Waals surface area contributed by atoms with Crippen LogP contribution in [-0.4, -0.2) is 6.04 Å². The van der Waals surface area contributed by atoms with Gasteiger partial charge in [-0.2, -0.15) is 0 Å². The molecule has 0 bridgehead atoms. The first-order valence-electron chi connectivity index (χ1n) is 6.97. The van der Waals surface area contributed by atoms with Crippen molar-refractivity contribution in [2.45, 2.75) is 39.2 Å². The lowest BCUT2D eigenvalue weighted by Gasteiger charge is -2.21. The molecule has 1 atom stereocenters. The lowest BCUT2D eigenvalue weighted by molar-refractivity contribution is 0.393. The van der Waals surface area contributed by atoms with Crippen LogP contribution in [0.4, 0.5) is 0 Å². The fourth-order valence-corrected chi connectivity index (χ4v) is 2.70. The van der Waals surface area contributed by atoms with Crippen molar-refractivity contribution in [2.24, 2.45) is 11.7 Å². The van der Waals surface area contributed by atoms with Gasteiger partial charge in [0.2, 0.25) is 0 Å². The topological polar surface area (TPSA) is 26.0 Å². The average Bonchev–Trinajstić information content (AvgIpc) is 2.40. The number of nitrogens with two attached hydrogens (primary N) is 1. The second kappa shape index (κ2) is 6.01. The molecule has 1 nitrogen and oxygen atoms in total. The van der Waals surface area contributed by atoms with Crippen molar-refractivity contribution in [3.63, 3.8) is 0 Å². The SMILES string of the molecule is CCC(CC)C(N)Cc1ccc2ccccc2c1. The van der Waals surface area contributed by atoms with E-state index in [0.717, 1.165) is 6.42 Å². The molecule has 0 fully saturated rings. The molecule has 2 aromatic rings. The number of rotatable bonds is 5. The molecule has 0 spiro atoms. The zero-order chi connectivity index (χ0) is 13.0. The highest BCUT2D eigenvalue weighted by molar-refractivity contribution is 5.82. The Morgan fingerprint density at radius 2 is 1.61 bits per heavy atom. The van der Waals surface area contributed by atoms with Gasteiger partial charge in [-0.1, -0.05) is 69.2 Å². The van der Waals surface area contributed by atoms with Crippen LogP contribution in [0.15, 0.2) is 42.5 Å². The Hall–Kier alpha value is -1.34. The van der Waals surface area contributed by atoms with E-state index in [2.05, 4.69) is 56.3 Å². The van der Waals surface area contributed by atoms with Gasteiger partial charge in [0, 0.05) is 6.04 Å². The second-order valence-corrected chi connectivity index (χ2v) is 5.13. The predicted octanol–water partition coefficient (Wildman–Crippen LogP) is 4.15. The maximum atomic E-state index is 6.32. The molecule has 1 heteroatoms. The zero-order valence-corrected chi connectivity index (χ0v) is 11.4. The first kappa shape index (κ1) is 13.1. The fourth-order valence-electron chi connectivity index (χ4n) is 2.70. The predicted molar refractivity (Wildman–Crippen MR) is 79.7 cm³/mol. The van der Waals surface area contributed by atoms with E-state index in [4.69, 9.17) is 5.73 Å². The second-order valence-electron chi connectivity index (χ2n) is 5.13. The van der Waals surface area contributed by atoms with Gasteiger partial charge in [0.1, 0.15) is 0 Å². The molecule has 1 unspecified atom stereocenters.